The van der Waals surface area contributed by atoms with Crippen LogP contribution in [0.3, 0.4) is 0 Å². The minimum absolute atomic E-state index is 0.0144. The molecule has 3 aromatic rings. The number of hydrogen-bond acceptors (Lipinski definition) is 3. The number of benzene rings is 2. The lowest BCUT2D eigenvalue weighted by Gasteiger charge is -2.13. The topological polar surface area (TPSA) is 45.2 Å². The highest BCUT2D eigenvalue weighted by atomic mass is 16.3. The van der Waals surface area contributed by atoms with Gasteiger partial charge in [0.1, 0.15) is 5.82 Å². The number of para-hydroxylation sites is 1. The van der Waals surface area contributed by atoms with E-state index in [2.05, 4.69) is 29.6 Å². The van der Waals surface area contributed by atoms with Crippen molar-refractivity contribution in [2.24, 2.45) is 11.8 Å². The predicted molar refractivity (Wildman–Crippen MR) is 96.0 cm³/mol. The van der Waals surface area contributed by atoms with Crippen molar-refractivity contribution in [1.29, 1.82) is 0 Å². The summed E-state index contributed by atoms with van der Waals surface area (Å²) in [6.45, 7) is 0.947. The molecule has 24 heavy (non-hydrogen) atoms. The summed E-state index contributed by atoms with van der Waals surface area (Å²) in [7, 11) is 0. The lowest BCUT2D eigenvalue weighted by atomic mass is 10.0. The van der Waals surface area contributed by atoms with Crippen LogP contribution in [0.5, 0.6) is 0 Å². The first-order valence-corrected chi connectivity index (χ1v) is 8.66. The van der Waals surface area contributed by atoms with Crippen LogP contribution in [0, 0.1) is 11.8 Å². The van der Waals surface area contributed by atoms with Gasteiger partial charge in [0.05, 0.1) is 12.1 Å². The van der Waals surface area contributed by atoms with Gasteiger partial charge >= 0.3 is 0 Å². The molecule has 0 amide bonds. The van der Waals surface area contributed by atoms with Crippen LogP contribution < -0.4 is 5.32 Å². The smallest absolute Gasteiger partial charge is 0.132 e. The second-order valence-corrected chi connectivity index (χ2v) is 6.98. The third-order valence-electron chi connectivity index (χ3n) is 5.68. The normalized spacial score (nSPS) is 23.8. The van der Waals surface area contributed by atoms with Crippen molar-refractivity contribution >= 4 is 16.7 Å². The van der Waals surface area contributed by atoms with Gasteiger partial charge in [0.2, 0.25) is 0 Å². The lowest BCUT2D eigenvalue weighted by molar-refractivity contribution is 0.282. The van der Waals surface area contributed by atoms with Crippen molar-refractivity contribution in [2.45, 2.75) is 18.9 Å². The summed E-state index contributed by atoms with van der Waals surface area (Å²) in [5.74, 6) is 3.02. The second-order valence-electron chi connectivity index (χ2n) is 6.98. The van der Waals surface area contributed by atoms with Crippen molar-refractivity contribution in [3.05, 3.63) is 71.3 Å². The minimum Gasteiger partial charge on any atom is -0.392 e. The van der Waals surface area contributed by atoms with Gasteiger partial charge in [0.25, 0.3) is 0 Å². The number of aliphatic hydroxyl groups excluding tert-OH is 1. The molecule has 0 radical (unpaired) electrons. The Morgan fingerprint density at radius 3 is 2.83 bits per heavy atom. The Bertz CT molecular complexity index is 921. The van der Waals surface area contributed by atoms with E-state index in [1.165, 1.54) is 12.0 Å². The summed E-state index contributed by atoms with van der Waals surface area (Å²) in [4.78, 5) is 4.71. The van der Waals surface area contributed by atoms with Crippen LogP contribution in [0.15, 0.2) is 54.6 Å². The summed E-state index contributed by atoms with van der Waals surface area (Å²) in [6, 6.07) is 18.9. The van der Waals surface area contributed by atoms with Crippen LogP contribution >= 0.6 is 0 Å². The molecular weight excluding hydrogens is 296 g/mol. The molecule has 1 aromatic heterocycles. The van der Waals surface area contributed by atoms with Crippen LogP contribution in [0.2, 0.25) is 0 Å². The van der Waals surface area contributed by atoms with E-state index < -0.39 is 0 Å². The van der Waals surface area contributed by atoms with Gasteiger partial charge in [0.15, 0.2) is 0 Å². The van der Waals surface area contributed by atoms with E-state index in [0.29, 0.717) is 11.8 Å². The zero-order chi connectivity index (χ0) is 16.1. The number of fused-ring (bicyclic) bond motifs is 4. The molecule has 0 saturated heterocycles. The number of anilines is 1. The molecule has 5 rings (SSSR count). The number of aliphatic hydroxyl groups is 1. The highest BCUT2D eigenvalue weighted by molar-refractivity contribution is 5.81. The fourth-order valence-electron chi connectivity index (χ4n) is 4.41. The maximum Gasteiger partial charge on any atom is 0.132 e. The van der Waals surface area contributed by atoms with E-state index in [9.17, 15) is 5.11 Å². The minimum atomic E-state index is 0.0144. The van der Waals surface area contributed by atoms with E-state index in [4.69, 9.17) is 4.98 Å². The van der Waals surface area contributed by atoms with Crippen molar-refractivity contribution in [3.63, 3.8) is 0 Å². The molecule has 3 atom stereocenters. The van der Waals surface area contributed by atoms with E-state index in [1.54, 1.807) is 5.56 Å². The van der Waals surface area contributed by atoms with E-state index in [1.807, 2.05) is 30.3 Å². The zero-order valence-electron chi connectivity index (χ0n) is 13.4. The molecule has 3 nitrogen and oxygen atoms in total. The highest BCUT2D eigenvalue weighted by Crippen LogP contribution is 2.61. The van der Waals surface area contributed by atoms with Crippen LogP contribution in [0.1, 0.15) is 22.6 Å². The third-order valence-corrected chi connectivity index (χ3v) is 5.68. The molecule has 2 aliphatic rings. The van der Waals surface area contributed by atoms with E-state index in [0.717, 1.165) is 34.7 Å². The Hall–Kier alpha value is -2.39. The van der Waals surface area contributed by atoms with Gasteiger partial charge in [-0.1, -0.05) is 42.5 Å². The fourth-order valence-corrected chi connectivity index (χ4v) is 4.41. The number of rotatable bonds is 4. The Kier molecular flexibility index (Phi) is 3.10. The Balaban J connectivity index is 1.36. The molecule has 1 heterocycles. The summed E-state index contributed by atoms with van der Waals surface area (Å²) in [6.07, 6.45) is 1.21. The van der Waals surface area contributed by atoms with E-state index in [-0.39, 0.29) is 6.61 Å². The van der Waals surface area contributed by atoms with Gasteiger partial charge in [-0.05, 0) is 47.4 Å². The van der Waals surface area contributed by atoms with Crippen LogP contribution in [-0.4, -0.2) is 16.6 Å². The first kappa shape index (κ1) is 14.0. The summed E-state index contributed by atoms with van der Waals surface area (Å²) in [5, 5.41) is 14.3. The average molecular weight is 316 g/mol. The van der Waals surface area contributed by atoms with Gasteiger partial charge in [-0.2, -0.15) is 0 Å². The van der Waals surface area contributed by atoms with Gasteiger partial charge in [0, 0.05) is 17.5 Å². The Morgan fingerprint density at radius 2 is 1.92 bits per heavy atom. The molecule has 120 valence electrons. The first-order valence-electron chi connectivity index (χ1n) is 8.66. The van der Waals surface area contributed by atoms with Gasteiger partial charge in [-0.15, -0.1) is 0 Å². The number of nitrogens with zero attached hydrogens (tertiary/aromatic N) is 1. The molecule has 1 saturated carbocycles. The first-order chi connectivity index (χ1) is 11.8. The third kappa shape index (κ3) is 2.12. The molecule has 2 aromatic carbocycles. The van der Waals surface area contributed by atoms with Crippen LogP contribution in [0.25, 0.3) is 10.9 Å². The molecule has 0 bridgehead atoms. The van der Waals surface area contributed by atoms with Crippen molar-refractivity contribution < 1.29 is 5.11 Å². The van der Waals surface area contributed by atoms with Crippen LogP contribution in [0.4, 0.5) is 5.82 Å². The molecule has 3 unspecified atom stereocenters. The highest BCUT2D eigenvalue weighted by Gasteiger charge is 2.54. The lowest BCUT2D eigenvalue weighted by Crippen LogP contribution is -2.11. The summed E-state index contributed by atoms with van der Waals surface area (Å²) in [5.41, 5.74) is 4.92. The summed E-state index contributed by atoms with van der Waals surface area (Å²) >= 11 is 0. The Morgan fingerprint density at radius 1 is 1.08 bits per heavy atom. The molecule has 0 aliphatic heterocycles. The quantitative estimate of drug-likeness (QED) is 0.771. The zero-order valence-corrected chi connectivity index (χ0v) is 13.4. The SMILES string of the molecule is OCc1cc2ccccc2nc1NCC1C2Cc3ccccc3C12. The fraction of sp³-hybridized carbons (Fsp3) is 0.286. The Labute approximate surface area is 141 Å². The van der Waals surface area contributed by atoms with E-state index >= 15 is 0 Å². The second kappa shape index (κ2) is 5.32. The predicted octanol–water partition coefficient (Wildman–Crippen LogP) is 3.72. The molecule has 1 fully saturated rings. The average Bonchev–Trinajstić information content (AvgIpc) is 3.17. The van der Waals surface area contributed by atoms with Gasteiger partial charge in [-0.3, -0.25) is 0 Å². The monoisotopic (exact) mass is 316 g/mol. The summed E-state index contributed by atoms with van der Waals surface area (Å²) < 4.78 is 0. The van der Waals surface area contributed by atoms with Crippen molar-refractivity contribution in [3.8, 4) is 0 Å². The van der Waals surface area contributed by atoms with Crippen molar-refractivity contribution in [1.82, 2.24) is 4.98 Å². The molecule has 2 N–H and O–H groups in total. The standard InChI is InChI=1S/C21H20N2O/c24-12-15-9-14-6-2-4-8-19(14)23-21(15)22-11-18-17-10-13-5-1-3-7-16(13)20(17)18/h1-9,17-18,20,24H,10-12H2,(H,22,23). The molecule has 3 heteroatoms. The number of nitrogens with one attached hydrogen (secondary N) is 1. The van der Waals surface area contributed by atoms with Crippen LogP contribution in [-0.2, 0) is 13.0 Å². The number of aromatic nitrogens is 1. The maximum atomic E-state index is 9.67. The molecule has 2 aliphatic carbocycles. The largest absolute Gasteiger partial charge is 0.392 e. The maximum absolute atomic E-state index is 9.67. The van der Waals surface area contributed by atoms with Crippen molar-refractivity contribution in [2.75, 3.05) is 11.9 Å². The van der Waals surface area contributed by atoms with Gasteiger partial charge < -0.3 is 10.4 Å². The molecular formula is C21H20N2O. The number of pyridine rings is 1. The molecule has 0 spiro atoms. The van der Waals surface area contributed by atoms with Gasteiger partial charge in [-0.25, -0.2) is 4.98 Å². The number of hydrogen-bond donors (Lipinski definition) is 2.